The number of carbonyl (C=O) groups is 3. The van der Waals surface area contributed by atoms with Crippen LogP contribution in [0.2, 0.25) is 0 Å². The van der Waals surface area contributed by atoms with Crippen molar-refractivity contribution in [3.63, 3.8) is 0 Å². The average molecular weight is 392 g/mol. The molecule has 119 valence electrons. The molecule has 6 nitrogen and oxygen atoms in total. The number of hydrogen-bond donors (Lipinski definition) is 0. The van der Waals surface area contributed by atoms with E-state index in [1.807, 2.05) is 0 Å². The Morgan fingerprint density at radius 1 is 1.26 bits per heavy atom. The van der Waals surface area contributed by atoms with Gasteiger partial charge >= 0.3 is 11.9 Å². The van der Waals surface area contributed by atoms with Gasteiger partial charge in [-0.05, 0) is 6.42 Å². The monoisotopic (exact) mass is 392 g/mol. The molecule has 1 aromatic rings. The maximum absolute atomic E-state index is 12.5. The molecule has 7 heteroatoms. The molecule has 0 aromatic heterocycles. The van der Waals surface area contributed by atoms with Crippen molar-refractivity contribution >= 4 is 17.7 Å². The van der Waals surface area contributed by atoms with Crippen LogP contribution in [0, 0.1) is 12.0 Å². The molecule has 1 radical (unpaired) electrons. The molecule has 0 spiro atoms. The van der Waals surface area contributed by atoms with Crippen molar-refractivity contribution in [1.29, 1.82) is 0 Å². The van der Waals surface area contributed by atoms with Gasteiger partial charge in [-0.3, -0.25) is 14.4 Å². The van der Waals surface area contributed by atoms with E-state index in [1.165, 1.54) is 13.8 Å². The van der Waals surface area contributed by atoms with Crippen LogP contribution < -0.4 is 4.74 Å². The molecule has 0 N–H and O–H groups in total. The van der Waals surface area contributed by atoms with Gasteiger partial charge in [-0.1, -0.05) is 6.42 Å². The summed E-state index contributed by atoms with van der Waals surface area (Å²) in [5.74, 6) is -4.75. The molecular formula is C16H15O6Y-. The van der Waals surface area contributed by atoms with E-state index in [4.69, 9.17) is 14.2 Å². The summed E-state index contributed by atoms with van der Waals surface area (Å²) in [4.78, 5) is 36.4. The van der Waals surface area contributed by atoms with Crippen molar-refractivity contribution in [2.45, 2.75) is 38.6 Å². The van der Waals surface area contributed by atoms with E-state index >= 15 is 0 Å². The quantitative estimate of drug-likeness (QED) is 0.428. The summed E-state index contributed by atoms with van der Waals surface area (Å²) in [6.07, 6.45) is 0.149. The fraction of sp³-hybridized carbons (Fsp3) is 0.438. The Labute approximate surface area is 158 Å². The number of rotatable bonds is 2. The first-order valence-electron chi connectivity index (χ1n) is 7.02. The van der Waals surface area contributed by atoms with Gasteiger partial charge < -0.3 is 14.2 Å². The van der Waals surface area contributed by atoms with E-state index < -0.39 is 35.5 Å². The van der Waals surface area contributed by atoms with E-state index in [2.05, 4.69) is 6.07 Å². The van der Waals surface area contributed by atoms with Gasteiger partial charge in [0.05, 0.1) is 0 Å². The number of ether oxygens (including phenoxy) is 3. The zero-order chi connectivity index (χ0) is 15.9. The van der Waals surface area contributed by atoms with Crippen molar-refractivity contribution in [3.05, 3.63) is 29.8 Å². The summed E-state index contributed by atoms with van der Waals surface area (Å²) in [6, 6.07) is 8.11. The van der Waals surface area contributed by atoms with Gasteiger partial charge in [-0.2, -0.15) is 18.2 Å². The minimum absolute atomic E-state index is 0. The zero-order valence-electron chi connectivity index (χ0n) is 12.8. The first-order valence-corrected chi connectivity index (χ1v) is 7.02. The third-order valence-corrected chi connectivity index (χ3v) is 3.62. The number of esters is 2. The number of cyclic esters (lactones) is 2. The van der Waals surface area contributed by atoms with Crippen LogP contribution in [0.1, 0.15) is 25.8 Å². The molecule has 0 amide bonds. The van der Waals surface area contributed by atoms with Gasteiger partial charge in [0.25, 0.3) is 5.79 Å². The van der Waals surface area contributed by atoms with Crippen LogP contribution >= 0.6 is 0 Å². The van der Waals surface area contributed by atoms with Gasteiger partial charge in [0, 0.05) is 52.3 Å². The molecule has 1 unspecified atom stereocenters. The molecule has 2 heterocycles. The summed E-state index contributed by atoms with van der Waals surface area (Å²) in [6.45, 7) is 2.88. The van der Waals surface area contributed by atoms with Gasteiger partial charge in [0.2, 0.25) is 5.92 Å². The molecule has 2 aliphatic rings. The Hall–Kier alpha value is -1.27. The Balaban J connectivity index is 0.00000192. The van der Waals surface area contributed by atoms with Crippen LogP contribution in [0.15, 0.2) is 18.2 Å². The molecule has 1 fully saturated rings. The Bertz CT molecular complexity index is 634. The SMILES string of the molecule is CC1(C)OC(=O)C(C(=O)C2CCc3c[c-]ccc3O2)C(=O)O1.[Y]. The minimum atomic E-state index is -1.57. The van der Waals surface area contributed by atoms with Gasteiger partial charge in [0.1, 0.15) is 0 Å². The predicted molar refractivity (Wildman–Crippen MR) is 72.8 cm³/mol. The van der Waals surface area contributed by atoms with E-state index in [-0.39, 0.29) is 32.7 Å². The van der Waals surface area contributed by atoms with Crippen LogP contribution in [0.5, 0.6) is 5.75 Å². The summed E-state index contributed by atoms with van der Waals surface area (Å²) in [5, 5.41) is 0. The fourth-order valence-corrected chi connectivity index (χ4v) is 2.60. The van der Waals surface area contributed by atoms with Crippen molar-refractivity contribution < 1.29 is 61.3 Å². The van der Waals surface area contributed by atoms with Crippen LogP contribution in [0.3, 0.4) is 0 Å². The van der Waals surface area contributed by atoms with Crippen molar-refractivity contribution in [3.8, 4) is 5.75 Å². The second kappa shape index (κ2) is 6.69. The number of aryl methyl sites for hydroxylation is 1. The molecule has 23 heavy (non-hydrogen) atoms. The van der Waals surface area contributed by atoms with Crippen molar-refractivity contribution in [1.82, 2.24) is 0 Å². The maximum atomic E-state index is 12.5. The first-order chi connectivity index (χ1) is 10.4. The summed E-state index contributed by atoms with van der Waals surface area (Å²) >= 11 is 0. The summed E-state index contributed by atoms with van der Waals surface area (Å²) < 4.78 is 15.6. The maximum Gasteiger partial charge on any atom is 0.331 e. The van der Waals surface area contributed by atoms with Crippen LogP contribution in [0.25, 0.3) is 0 Å². The van der Waals surface area contributed by atoms with Crippen LogP contribution in [0.4, 0.5) is 0 Å². The minimum Gasteiger partial charge on any atom is -0.508 e. The standard InChI is InChI=1S/C16H15O6.Y/c1-16(2)21-14(18)12(15(19)22-16)13(17)11-8-7-9-5-3-4-6-10(9)20-11;/h4-6,11-12H,7-8H2,1-2H3;/q-1;. The zero-order valence-corrected chi connectivity index (χ0v) is 15.7. The topological polar surface area (TPSA) is 78.9 Å². The van der Waals surface area contributed by atoms with Gasteiger partial charge in [0.15, 0.2) is 11.9 Å². The average Bonchev–Trinajstić information content (AvgIpc) is 2.44. The predicted octanol–water partition coefficient (Wildman–Crippen LogP) is 1.20. The van der Waals surface area contributed by atoms with Gasteiger partial charge in [-0.25, -0.2) is 0 Å². The molecular weight excluding hydrogens is 377 g/mol. The summed E-state index contributed by atoms with van der Waals surface area (Å²) in [7, 11) is 0. The number of fused-ring (bicyclic) bond motifs is 1. The third kappa shape index (κ3) is 3.64. The molecule has 1 aromatic carbocycles. The van der Waals surface area contributed by atoms with E-state index in [0.29, 0.717) is 18.6 Å². The van der Waals surface area contributed by atoms with Crippen molar-refractivity contribution in [2.24, 2.45) is 5.92 Å². The largest absolute Gasteiger partial charge is 0.508 e. The molecule has 1 atom stereocenters. The molecule has 1 saturated heterocycles. The molecule has 0 aliphatic carbocycles. The van der Waals surface area contributed by atoms with Gasteiger partial charge in [-0.15, -0.1) is 11.6 Å². The van der Waals surface area contributed by atoms with Crippen LogP contribution in [-0.4, -0.2) is 29.6 Å². The molecule has 0 bridgehead atoms. The van der Waals surface area contributed by atoms with E-state index in [0.717, 1.165) is 5.56 Å². The first kappa shape index (κ1) is 18.1. The Morgan fingerprint density at radius 3 is 2.57 bits per heavy atom. The number of hydrogen-bond acceptors (Lipinski definition) is 6. The summed E-state index contributed by atoms with van der Waals surface area (Å²) in [5.41, 5.74) is 0.946. The van der Waals surface area contributed by atoms with E-state index in [1.54, 1.807) is 18.2 Å². The fourth-order valence-electron chi connectivity index (χ4n) is 2.60. The van der Waals surface area contributed by atoms with E-state index in [9.17, 15) is 14.4 Å². The second-order valence-electron chi connectivity index (χ2n) is 5.76. The molecule has 0 saturated carbocycles. The normalized spacial score (nSPS) is 22.8. The second-order valence-corrected chi connectivity index (χ2v) is 5.76. The number of benzene rings is 1. The van der Waals surface area contributed by atoms with Crippen LogP contribution in [-0.2, 0) is 63.0 Å². The molecule has 2 aliphatic heterocycles. The Kier molecular flexibility index (Phi) is 5.26. The smallest absolute Gasteiger partial charge is 0.331 e. The number of carbonyl (C=O) groups excluding carboxylic acids is 3. The third-order valence-electron chi connectivity index (χ3n) is 3.62. The Morgan fingerprint density at radius 2 is 1.91 bits per heavy atom. The van der Waals surface area contributed by atoms with Crippen molar-refractivity contribution in [2.75, 3.05) is 0 Å². The number of Topliss-reactive ketones (excluding diaryl/α,β-unsaturated/α-hetero) is 1. The number of ketones is 1. The molecule has 3 rings (SSSR count).